The van der Waals surface area contributed by atoms with Crippen molar-refractivity contribution in [3.63, 3.8) is 0 Å². The van der Waals surface area contributed by atoms with Crippen molar-refractivity contribution in [2.45, 2.75) is 13.0 Å². The molecule has 1 N–H and O–H groups in total. The molecule has 0 spiro atoms. The van der Waals surface area contributed by atoms with Gasteiger partial charge in [-0.05, 0) is 47.1 Å². The number of hydrogen-bond acceptors (Lipinski definition) is 3. The summed E-state index contributed by atoms with van der Waals surface area (Å²) >= 11 is 3.27. The van der Waals surface area contributed by atoms with Crippen molar-refractivity contribution in [3.05, 3.63) is 52.4 Å². The molecular formula is C13H11BrFNO2. The van der Waals surface area contributed by atoms with E-state index in [4.69, 9.17) is 4.74 Å². The van der Waals surface area contributed by atoms with Crippen LogP contribution < -0.4 is 4.74 Å². The second kappa shape index (κ2) is 5.46. The molecule has 0 aliphatic carbocycles. The minimum atomic E-state index is -0.707. The molecular weight excluding hydrogens is 301 g/mol. The van der Waals surface area contributed by atoms with E-state index in [1.54, 1.807) is 31.3 Å². The van der Waals surface area contributed by atoms with Crippen molar-refractivity contribution in [2.75, 3.05) is 0 Å². The smallest absolute Gasteiger partial charge is 0.225 e. The molecule has 94 valence electrons. The minimum Gasteiger partial charge on any atom is -0.437 e. The second-order valence-corrected chi connectivity index (χ2v) is 4.60. The fourth-order valence-electron chi connectivity index (χ4n) is 1.47. The van der Waals surface area contributed by atoms with E-state index in [-0.39, 0.29) is 5.88 Å². The van der Waals surface area contributed by atoms with Gasteiger partial charge in [-0.3, -0.25) is 0 Å². The van der Waals surface area contributed by atoms with Gasteiger partial charge < -0.3 is 9.84 Å². The maximum atomic E-state index is 13.1. The number of hydrogen-bond donors (Lipinski definition) is 1. The summed E-state index contributed by atoms with van der Waals surface area (Å²) in [6.07, 6.45) is 0.843. The molecule has 0 radical (unpaired) electrons. The van der Waals surface area contributed by atoms with Crippen LogP contribution in [0.25, 0.3) is 0 Å². The first-order chi connectivity index (χ1) is 8.58. The molecule has 0 aliphatic rings. The Balaban J connectivity index is 2.37. The molecule has 0 fully saturated rings. The lowest BCUT2D eigenvalue weighted by Crippen LogP contribution is -1.98. The molecule has 1 aromatic heterocycles. The number of rotatable bonds is 3. The maximum absolute atomic E-state index is 13.1. The van der Waals surface area contributed by atoms with E-state index >= 15 is 0 Å². The van der Waals surface area contributed by atoms with Gasteiger partial charge in [-0.1, -0.05) is 0 Å². The summed E-state index contributed by atoms with van der Waals surface area (Å²) in [7, 11) is 0. The van der Waals surface area contributed by atoms with Crippen LogP contribution in [0, 0.1) is 5.82 Å². The zero-order valence-electron chi connectivity index (χ0n) is 9.60. The lowest BCUT2D eigenvalue weighted by molar-refractivity contribution is 0.194. The van der Waals surface area contributed by atoms with Gasteiger partial charge in [0.25, 0.3) is 0 Å². The first-order valence-electron chi connectivity index (χ1n) is 5.34. The van der Waals surface area contributed by atoms with Gasteiger partial charge in [-0.15, -0.1) is 0 Å². The van der Waals surface area contributed by atoms with Crippen molar-refractivity contribution < 1.29 is 14.2 Å². The Morgan fingerprint density at radius 3 is 2.89 bits per heavy atom. The third kappa shape index (κ3) is 2.86. The van der Waals surface area contributed by atoms with E-state index in [2.05, 4.69) is 20.9 Å². The molecule has 1 heterocycles. The summed E-state index contributed by atoms with van der Waals surface area (Å²) < 4.78 is 19.3. The number of nitrogens with zero attached hydrogens (tertiary/aromatic N) is 1. The highest BCUT2D eigenvalue weighted by Gasteiger charge is 2.12. The van der Waals surface area contributed by atoms with Gasteiger partial charge >= 0.3 is 0 Å². The molecule has 0 amide bonds. The summed E-state index contributed by atoms with van der Waals surface area (Å²) in [4.78, 5) is 4.04. The number of aromatic nitrogens is 1. The zero-order valence-corrected chi connectivity index (χ0v) is 11.2. The number of aliphatic hydroxyl groups is 1. The van der Waals surface area contributed by atoms with Gasteiger partial charge in [0.05, 0.1) is 10.6 Å². The Labute approximate surface area is 112 Å². The highest BCUT2D eigenvalue weighted by atomic mass is 79.9. The van der Waals surface area contributed by atoms with Crippen LogP contribution in [0.2, 0.25) is 0 Å². The van der Waals surface area contributed by atoms with E-state index in [0.717, 1.165) is 0 Å². The largest absolute Gasteiger partial charge is 0.437 e. The SMILES string of the molecule is C[C@H](O)c1cccnc1Oc1cc(F)ccc1Br. The van der Waals surface area contributed by atoms with Gasteiger partial charge in [0.2, 0.25) is 5.88 Å². The van der Waals surface area contributed by atoms with E-state index in [0.29, 0.717) is 15.8 Å². The molecule has 0 saturated carbocycles. The maximum Gasteiger partial charge on any atom is 0.225 e. The van der Waals surface area contributed by atoms with Crippen LogP contribution >= 0.6 is 15.9 Å². The molecule has 5 heteroatoms. The van der Waals surface area contributed by atoms with Crippen LogP contribution in [0.5, 0.6) is 11.6 Å². The molecule has 2 aromatic rings. The fourth-order valence-corrected chi connectivity index (χ4v) is 1.79. The normalized spacial score (nSPS) is 12.2. The zero-order chi connectivity index (χ0) is 13.1. The molecule has 1 aromatic carbocycles. The number of aliphatic hydroxyl groups excluding tert-OH is 1. The van der Waals surface area contributed by atoms with Crippen LogP contribution in [-0.4, -0.2) is 10.1 Å². The van der Waals surface area contributed by atoms with Gasteiger partial charge in [0, 0.05) is 17.8 Å². The van der Waals surface area contributed by atoms with Gasteiger partial charge in [-0.2, -0.15) is 0 Å². The lowest BCUT2D eigenvalue weighted by Gasteiger charge is -2.12. The standard InChI is InChI=1S/C13H11BrFNO2/c1-8(17)10-3-2-6-16-13(10)18-12-7-9(15)4-5-11(12)14/h2-8,17H,1H3/t8-/m0/s1. The van der Waals surface area contributed by atoms with Crippen molar-refractivity contribution in [2.24, 2.45) is 0 Å². The Hall–Kier alpha value is -1.46. The molecule has 3 nitrogen and oxygen atoms in total. The molecule has 1 atom stereocenters. The van der Waals surface area contributed by atoms with Gasteiger partial charge in [0.1, 0.15) is 11.6 Å². The Kier molecular flexibility index (Phi) is 3.93. The number of ether oxygens (including phenoxy) is 1. The third-order valence-corrected chi connectivity index (χ3v) is 3.01. The van der Waals surface area contributed by atoms with Crippen molar-refractivity contribution in [3.8, 4) is 11.6 Å². The van der Waals surface area contributed by atoms with E-state index < -0.39 is 11.9 Å². The quantitative estimate of drug-likeness (QED) is 0.936. The lowest BCUT2D eigenvalue weighted by atomic mass is 10.2. The predicted molar refractivity (Wildman–Crippen MR) is 69.0 cm³/mol. The average Bonchev–Trinajstić information content (AvgIpc) is 2.34. The van der Waals surface area contributed by atoms with Crippen molar-refractivity contribution >= 4 is 15.9 Å². The summed E-state index contributed by atoms with van der Waals surface area (Å²) in [6.45, 7) is 1.62. The predicted octanol–water partition coefficient (Wildman–Crippen LogP) is 3.83. The molecule has 0 saturated heterocycles. The van der Waals surface area contributed by atoms with E-state index in [9.17, 15) is 9.50 Å². The number of halogens is 2. The summed E-state index contributed by atoms with van der Waals surface area (Å²) in [5.74, 6) is 0.178. The summed E-state index contributed by atoms with van der Waals surface area (Å²) in [5, 5.41) is 9.60. The monoisotopic (exact) mass is 311 g/mol. The van der Waals surface area contributed by atoms with E-state index in [1.165, 1.54) is 12.1 Å². The van der Waals surface area contributed by atoms with Crippen molar-refractivity contribution in [1.29, 1.82) is 0 Å². The van der Waals surface area contributed by atoms with E-state index in [1.807, 2.05) is 0 Å². The van der Waals surface area contributed by atoms with Crippen molar-refractivity contribution in [1.82, 2.24) is 4.98 Å². The van der Waals surface area contributed by atoms with Crippen LogP contribution in [0.1, 0.15) is 18.6 Å². The highest BCUT2D eigenvalue weighted by molar-refractivity contribution is 9.10. The summed E-state index contributed by atoms with van der Waals surface area (Å²) in [5.41, 5.74) is 0.550. The molecule has 18 heavy (non-hydrogen) atoms. The van der Waals surface area contributed by atoms with Crippen LogP contribution in [0.15, 0.2) is 41.0 Å². The molecule has 2 rings (SSSR count). The summed E-state index contributed by atoms with van der Waals surface area (Å²) in [6, 6.07) is 7.54. The van der Waals surface area contributed by atoms with Gasteiger partial charge in [0.15, 0.2) is 0 Å². The second-order valence-electron chi connectivity index (χ2n) is 3.75. The first kappa shape index (κ1) is 13.0. The Bertz CT molecular complexity index is 560. The van der Waals surface area contributed by atoms with Gasteiger partial charge in [-0.25, -0.2) is 9.37 Å². The topological polar surface area (TPSA) is 42.4 Å². The first-order valence-corrected chi connectivity index (χ1v) is 6.13. The highest BCUT2D eigenvalue weighted by Crippen LogP contribution is 2.32. The number of benzene rings is 1. The fraction of sp³-hybridized carbons (Fsp3) is 0.154. The molecule has 0 bridgehead atoms. The number of pyridine rings is 1. The molecule has 0 unspecified atom stereocenters. The van der Waals surface area contributed by atoms with Crippen LogP contribution in [-0.2, 0) is 0 Å². The minimum absolute atomic E-state index is 0.263. The van der Waals surface area contributed by atoms with Crippen LogP contribution in [0.4, 0.5) is 4.39 Å². The molecule has 0 aliphatic heterocycles. The Morgan fingerprint density at radius 2 is 2.17 bits per heavy atom. The third-order valence-electron chi connectivity index (χ3n) is 2.35. The van der Waals surface area contributed by atoms with Crippen LogP contribution in [0.3, 0.4) is 0 Å². The Morgan fingerprint density at radius 1 is 1.39 bits per heavy atom. The average molecular weight is 312 g/mol.